The van der Waals surface area contributed by atoms with Gasteiger partial charge in [0.05, 0.1) is 0 Å². The number of benzene rings is 7. The molecule has 0 aliphatic heterocycles. The fourth-order valence-electron chi connectivity index (χ4n) is 6.11. The summed E-state index contributed by atoms with van der Waals surface area (Å²) in [5.74, 6) is 0. The maximum absolute atomic E-state index is 2.39. The molecule has 0 heteroatoms. The SMILES string of the molecule is Cc1cc(C)cc(-c2c3ccccc3c(-c3cc4ccccc4c4ccccc34)c3ccccc23)c1. The third-order valence-corrected chi connectivity index (χ3v) is 7.48. The van der Waals surface area contributed by atoms with E-state index in [0.717, 1.165) is 0 Å². The third kappa shape index (κ3) is 3.15. The van der Waals surface area contributed by atoms with E-state index in [1.807, 2.05) is 0 Å². The van der Waals surface area contributed by atoms with Crippen molar-refractivity contribution in [3.05, 3.63) is 132 Å². The molecular weight excluding hydrogens is 432 g/mol. The van der Waals surface area contributed by atoms with Gasteiger partial charge in [0.15, 0.2) is 0 Å². The molecule has 7 aromatic carbocycles. The van der Waals surface area contributed by atoms with Gasteiger partial charge in [-0.1, -0.05) is 126 Å². The van der Waals surface area contributed by atoms with Crippen molar-refractivity contribution in [2.45, 2.75) is 13.8 Å². The molecule has 0 spiro atoms. The number of hydrogen-bond donors (Lipinski definition) is 0. The molecule has 0 aliphatic carbocycles. The van der Waals surface area contributed by atoms with Crippen LogP contribution in [0.2, 0.25) is 0 Å². The summed E-state index contributed by atoms with van der Waals surface area (Å²) in [6, 6.07) is 44.8. The average Bonchev–Trinajstić information content (AvgIpc) is 2.91. The van der Waals surface area contributed by atoms with E-state index in [9.17, 15) is 0 Å². The van der Waals surface area contributed by atoms with Crippen LogP contribution in [-0.4, -0.2) is 0 Å². The van der Waals surface area contributed by atoms with Crippen LogP contribution in [0.25, 0.3) is 65.3 Å². The molecule has 0 saturated heterocycles. The first-order valence-corrected chi connectivity index (χ1v) is 12.6. The van der Waals surface area contributed by atoms with Gasteiger partial charge in [-0.2, -0.15) is 0 Å². The molecule has 0 unspecified atom stereocenters. The van der Waals surface area contributed by atoms with Crippen LogP contribution in [-0.2, 0) is 0 Å². The fraction of sp³-hybridized carbons (Fsp3) is 0.0556. The highest BCUT2D eigenvalue weighted by atomic mass is 14.2. The summed E-state index contributed by atoms with van der Waals surface area (Å²) in [6.45, 7) is 4.38. The molecule has 0 atom stereocenters. The highest BCUT2D eigenvalue weighted by Crippen LogP contribution is 2.46. The Kier molecular flexibility index (Phi) is 4.69. The van der Waals surface area contributed by atoms with E-state index in [0.29, 0.717) is 0 Å². The highest BCUT2D eigenvalue weighted by Gasteiger charge is 2.18. The van der Waals surface area contributed by atoms with Gasteiger partial charge in [-0.05, 0) is 85.3 Å². The standard InChI is InChI=1S/C36H26/c1-23-19-24(2)21-26(20-23)35-30-15-7-9-17-32(30)36(33-18-10-8-16-31(33)35)34-22-25-11-3-4-12-27(25)28-13-5-6-14-29(28)34/h3-22H,1-2H3. The van der Waals surface area contributed by atoms with Crippen molar-refractivity contribution < 1.29 is 0 Å². The Morgan fingerprint density at radius 2 is 0.806 bits per heavy atom. The van der Waals surface area contributed by atoms with Crippen LogP contribution in [0.3, 0.4) is 0 Å². The van der Waals surface area contributed by atoms with Gasteiger partial charge >= 0.3 is 0 Å². The van der Waals surface area contributed by atoms with Crippen molar-refractivity contribution in [2.75, 3.05) is 0 Å². The zero-order chi connectivity index (χ0) is 24.2. The van der Waals surface area contributed by atoms with Crippen LogP contribution >= 0.6 is 0 Å². The second kappa shape index (κ2) is 8.07. The third-order valence-electron chi connectivity index (χ3n) is 7.48. The van der Waals surface area contributed by atoms with Crippen LogP contribution in [0.4, 0.5) is 0 Å². The zero-order valence-electron chi connectivity index (χ0n) is 20.5. The molecule has 0 N–H and O–H groups in total. The van der Waals surface area contributed by atoms with Gasteiger partial charge < -0.3 is 0 Å². The first-order valence-electron chi connectivity index (χ1n) is 12.6. The maximum Gasteiger partial charge on any atom is -0.00199 e. The van der Waals surface area contributed by atoms with Crippen molar-refractivity contribution in [2.24, 2.45) is 0 Å². The van der Waals surface area contributed by atoms with E-state index < -0.39 is 0 Å². The van der Waals surface area contributed by atoms with E-state index in [1.165, 1.54) is 76.5 Å². The Hall–Kier alpha value is -4.42. The first-order chi connectivity index (χ1) is 17.7. The largest absolute Gasteiger partial charge is 0.0616 e. The van der Waals surface area contributed by atoms with Crippen molar-refractivity contribution in [3.63, 3.8) is 0 Å². The molecule has 0 radical (unpaired) electrons. The van der Waals surface area contributed by atoms with E-state index in [2.05, 4.69) is 135 Å². The lowest BCUT2D eigenvalue weighted by Gasteiger charge is -2.20. The maximum atomic E-state index is 2.39. The van der Waals surface area contributed by atoms with Gasteiger partial charge in [0.2, 0.25) is 0 Å². The summed E-state index contributed by atoms with van der Waals surface area (Å²) in [5, 5.41) is 10.4. The van der Waals surface area contributed by atoms with E-state index >= 15 is 0 Å². The van der Waals surface area contributed by atoms with E-state index in [1.54, 1.807) is 0 Å². The lowest BCUT2D eigenvalue weighted by Crippen LogP contribution is -1.93. The molecule has 0 saturated carbocycles. The molecule has 0 bridgehead atoms. The smallest absolute Gasteiger partial charge is 0.00199 e. The topological polar surface area (TPSA) is 0 Å². The Morgan fingerprint density at radius 3 is 1.39 bits per heavy atom. The molecule has 0 fully saturated rings. The summed E-state index contributed by atoms with van der Waals surface area (Å²) in [6.07, 6.45) is 0. The summed E-state index contributed by atoms with van der Waals surface area (Å²) in [4.78, 5) is 0. The van der Waals surface area contributed by atoms with Crippen LogP contribution in [0.5, 0.6) is 0 Å². The number of aryl methyl sites for hydroxylation is 2. The van der Waals surface area contributed by atoms with Gasteiger partial charge in [-0.15, -0.1) is 0 Å². The zero-order valence-corrected chi connectivity index (χ0v) is 20.5. The quantitative estimate of drug-likeness (QED) is 0.178. The summed E-state index contributed by atoms with van der Waals surface area (Å²) in [7, 11) is 0. The van der Waals surface area contributed by atoms with Crippen LogP contribution < -0.4 is 0 Å². The molecule has 0 aliphatic rings. The van der Waals surface area contributed by atoms with Gasteiger partial charge in [0.1, 0.15) is 0 Å². The molecule has 36 heavy (non-hydrogen) atoms. The summed E-state index contributed by atoms with van der Waals surface area (Å²) >= 11 is 0. The lowest BCUT2D eigenvalue weighted by molar-refractivity contribution is 1.39. The first kappa shape index (κ1) is 20.9. The predicted octanol–water partition coefficient (Wildman–Crippen LogP) is 10.3. The molecule has 0 aromatic heterocycles. The monoisotopic (exact) mass is 458 g/mol. The molecule has 170 valence electrons. The average molecular weight is 459 g/mol. The Labute approximate surface area is 211 Å². The minimum atomic E-state index is 1.28. The fourth-order valence-corrected chi connectivity index (χ4v) is 6.11. The van der Waals surface area contributed by atoms with E-state index in [4.69, 9.17) is 0 Å². The minimum absolute atomic E-state index is 1.28. The second-order valence-corrected chi connectivity index (χ2v) is 9.91. The molecule has 0 heterocycles. The molecule has 7 aromatic rings. The number of rotatable bonds is 2. The van der Waals surface area contributed by atoms with Crippen molar-refractivity contribution in [1.82, 2.24) is 0 Å². The second-order valence-electron chi connectivity index (χ2n) is 9.91. The lowest BCUT2D eigenvalue weighted by atomic mass is 9.83. The number of fused-ring (bicyclic) bond motifs is 5. The van der Waals surface area contributed by atoms with Crippen molar-refractivity contribution in [1.29, 1.82) is 0 Å². The predicted molar refractivity (Wildman–Crippen MR) is 157 cm³/mol. The van der Waals surface area contributed by atoms with Crippen molar-refractivity contribution >= 4 is 43.1 Å². The molecular formula is C36H26. The van der Waals surface area contributed by atoms with Crippen molar-refractivity contribution in [3.8, 4) is 22.3 Å². The molecule has 7 rings (SSSR count). The molecule has 0 amide bonds. The summed E-state index contributed by atoms with van der Waals surface area (Å²) in [5.41, 5.74) is 7.81. The van der Waals surface area contributed by atoms with Gasteiger partial charge in [-0.25, -0.2) is 0 Å². The highest BCUT2D eigenvalue weighted by molar-refractivity contribution is 6.25. The molecule has 0 nitrogen and oxygen atoms in total. The van der Waals surface area contributed by atoms with E-state index in [-0.39, 0.29) is 0 Å². The van der Waals surface area contributed by atoms with Crippen LogP contribution in [0, 0.1) is 13.8 Å². The Balaban J connectivity index is 1.70. The van der Waals surface area contributed by atoms with Gasteiger partial charge in [-0.3, -0.25) is 0 Å². The van der Waals surface area contributed by atoms with Crippen LogP contribution in [0.1, 0.15) is 11.1 Å². The Morgan fingerprint density at radius 1 is 0.361 bits per heavy atom. The van der Waals surface area contributed by atoms with Crippen LogP contribution in [0.15, 0.2) is 121 Å². The summed E-state index contributed by atoms with van der Waals surface area (Å²) < 4.78 is 0. The minimum Gasteiger partial charge on any atom is -0.0616 e. The normalized spacial score (nSPS) is 11.6. The van der Waals surface area contributed by atoms with Gasteiger partial charge in [0, 0.05) is 0 Å². The Bertz CT molecular complexity index is 1880. The van der Waals surface area contributed by atoms with Gasteiger partial charge in [0.25, 0.3) is 0 Å². The number of hydrogen-bond acceptors (Lipinski definition) is 0.